The topological polar surface area (TPSA) is 107 Å². The number of nitrogens with zero attached hydrogens (tertiary/aromatic N) is 1. The molecule has 14 atom stereocenters. The molecule has 1 unspecified atom stereocenters. The summed E-state index contributed by atoms with van der Waals surface area (Å²) in [6, 6.07) is -0.376. The van der Waals surface area contributed by atoms with Crippen LogP contribution in [0.25, 0.3) is 0 Å². The van der Waals surface area contributed by atoms with Crippen LogP contribution in [0.2, 0.25) is 0 Å². The first kappa shape index (κ1) is 36.5. The molecule has 2 spiro atoms. The first-order valence-electron chi connectivity index (χ1n) is 19.7. The maximum atomic E-state index is 13.7. The fourth-order valence-corrected chi connectivity index (χ4v) is 14.2. The van der Waals surface area contributed by atoms with Crippen molar-refractivity contribution < 1.29 is 38.7 Å². The lowest BCUT2D eigenvalue weighted by atomic mass is 9.41. The van der Waals surface area contributed by atoms with E-state index in [1.54, 1.807) is 7.11 Å². The molecule has 2 saturated heterocycles. The minimum atomic E-state index is -1.03. The van der Waals surface area contributed by atoms with Crippen molar-refractivity contribution in [1.29, 1.82) is 0 Å². The number of aliphatic hydroxyl groups is 2. The molecule has 7 rings (SSSR count). The summed E-state index contributed by atoms with van der Waals surface area (Å²) in [6.07, 6.45) is 6.99. The molecule has 0 aromatic carbocycles. The molecule has 7 aliphatic rings. The summed E-state index contributed by atoms with van der Waals surface area (Å²) in [5.74, 6) is 1.41. The van der Waals surface area contributed by atoms with Crippen LogP contribution in [-0.4, -0.2) is 110 Å². The Bertz CT molecular complexity index is 1250. The molecular formula is C40H67NO8. The number of carbonyl (C=O) groups excluding carboxylic acids is 1. The minimum absolute atomic E-state index is 0.0249. The second kappa shape index (κ2) is 12.4. The van der Waals surface area contributed by atoms with Gasteiger partial charge in [-0.25, -0.2) is 0 Å². The van der Waals surface area contributed by atoms with E-state index in [9.17, 15) is 15.0 Å². The first-order chi connectivity index (χ1) is 23.0. The highest BCUT2D eigenvalue weighted by Gasteiger charge is 2.84. The number of ether oxygens (including phenoxy) is 5. The van der Waals surface area contributed by atoms with Crippen LogP contribution in [-0.2, 0) is 28.5 Å². The van der Waals surface area contributed by atoms with Crippen molar-refractivity contribution in [3.8, 4) is 0 Å². The summed E-state index contributed by atoms with van der Waals surface area (Å²) in [7, 11) is 1.70. The number of methoxy groups -OCH3 is 1. The maximum Gasteiger partial charge on any atom is 0.326 e. The lowest BCUT2D eigenvalue weighted by Crippen LogP contribution is -2.60. The average Bonchev–Trinajstić information content (AvgIpc) is 3.68. The van der Waals surface area contributed by atoms with Gasteiger partial charge in [0.2, 0.25) is 0 Å². The third-order valence-electron chi connectivity index (χ3n) is 16.5. The molecule has 49 heavy (non-hydrogen) atoms. The largest absolute Gasteiger partial charge is 0.461 e. The molecule has 2 heterocycles. The van der Waals surface area contributed by atoms with Crippen LogP contribution in [0.3, 0.4) is 0 Å². The standard InChI is InChI=1S/C40H67NO8/c1-10-47-33(36(5,6)44)26-21-24(2)30-31(48-26)32(42)38(8)28-12-11-27-35(3,4)29(13-14-39(27)23-40(28,39)16-15-37(30,38)7)49-34(43)25-22-46-20-18-41(25)17-19-45-9/h24-33,42,44H,10-23H2,1-9H3/t24-,25+,26-,27+,28+,29+,30+,31+,32+,33+,37-,38-,39?,40+/m1/s1. The van der Waals surface area contributed by atoms with E-state index >= 15 is 0 Å². The van der Waals surface area contributed by atoms with Gasteiger partial charge in [-0.3, -0.25) is 9.69 Å². The number of fused-ring (bicyclic) bond motifs is 4. The van der Waals surface area contributed by atoms with Gasteiger partial charge >= 0.3 is 5.97 Å². The van der Waals surface area contributed by atoms with Gasteiger partial charge in [-0.1, -0.05) is 34.6 Å². The summed E-state index contributed by atoms with van der Waals surface area (Å²) >= 11 is 0. The monoisotopic (exact) mass is 689 g/mol. The molecule has 5 saturated carbocycles. The summed E-state index contributed by atoms with van der Waals surface area (Å²) in [5, 5.41) is 23.7. The van der Waals surface area contributed by atoms with Crippen LogP contribution in [0.5, 0.6) is 0 Å². The molecule has 9 nitrogen and oxygen atoms in total. The molecule has 2 aliphatic heterocycles. The predicted molar refractivity (Wildman–Crippen MR) is 186 cm³/mol. The van der Waals surface area contributed by atoms with E-state index in [0.29, 0.717) is 50.7 Å². The minimum Gasteiger partial charge on any atom is -0.461 e. The van der Waals surface area contributed by atoms with Gasteiger partial charge < -0.3 is 33.9 Å². The van der Waals surface area contributed by atoms with E-state index in [4.69, 9.17) is 23.7 Å². The van der Waals surface area contributed by atoms with Gasteiger partial charge in [-0.05, 0) is 112 Å². The zero-order chi connectivity index (χ0) is 35.4. The Morgan fingerprint density at radius 2 is 1.78 bits per heavy atom. The van der Waals surface area contributed by atoms with Gasteiger partial charge in [0.05, 0.1) is 43.7 Å². The molecule has 5 aliphatic carbocycles. The molecule has 9 heteroatoms. The van der Waals surface area contributed by atoms with E-state index in [2.05, 4.69) is 39.5 Å². The van der Waals surface area contributed by atoms with Crippen LogP contribution in [0.15, 0.2) is 0 Å². The molecule has 2 N–H and O–H groups in total. The Labute approximate surface area is 295 Å². The average molecular weight is 690 g/mol. The Balaban J connectivity index is 1.11. The molecule has 0 amide bonds. The second-order valence-corrected chi connectivity index (χ2v) is 19.1. The van der Waals surface area contributed by atoms with Crippen molar-refractivity contribution in [3.63, 3.8) is 0 Å². The van der Waals surface area contributed by atoms with Gasteiger partial charge in [-0.2, -0.15) is 0 Å². The van der Waals surface area contributed by atoms with Crippen LogP contribution >= 0.6 is 0 Å². The van der Waals surface area contributed by atoms with Crippen LogP contribution < -0.4 is 0 Å². The number of esters is 1. The number of carbonyl (C=O) groups is 1. The summed E-state index contributed by atoms with van der Waals surface area (Å²) in [5.41, 5.74) is -0.975. The molecule has 0 aromatic rings. The van der Waals surface area contributed by atoms with E-state index < -0.39 is 17.8 Å². The zero-order valence-electron chi connectivity index (χ0n) is 32.0. The number of hydrogen-bond acceptors (Lipinski definition) is 9. The summed E-state index contributed by atoms with van der Waals surface area (Å²) < 4.78 is 30.6. The van der Waals surface area contributed by atoms with Crippen molar-refractivity contribution in [2.45, 2.75) is 149 Å². The lowest BCUT2D eigenvalue weighted by Gasteiger charge is -2.63. The quantitative estimate of drug-likeness (QED) is 0.315. The molecule has 7 fully saturated rings. The fourth-order valence-electron chi connectivity index (χ4n) is 14.2. The highest BCUT2D eigenvalue weighted by molar-refractivity contribution is 5.76. The summed E-state index contributed by atoms with van der Waals surface area (Å²) in [6.45, 7) is 21.1. The molecule has 280 valence electrons. The van der Waals surface area contributed by atoms with E-state index in [-0.39, 0.29) is 63.3 Å². The zero-order valence-corrected chi connectivity index (χ0v) is 32.0. The molecule has 0 aromatic heterocycles. The van der Waals surface area contributed by atoms with Gasteiger partial charge in [0.15, 0.2) is 0 Å². The van der Waals surface area contributed by atoms with Crippen molar-refractivity contribution in [2.75, 3.05) is 46.6 Å². The molecule has 0 bridgehead atoms. The highest BCUT2D eigenvalue weighted by Crippen LogP contribution is 2.89. The number of rotatable bonds is 9. The van der Waals surface area contributed by atoms with E-state index in [1.165, 1.54) is 12.8 Å². The third kappa shape index (κ3) is 5.12. The number of hydrogen-bond donors (Lipinski definition) is 2. The number of morpholine rings is 1. The van der Waals surface area contributed by atoms with Gasteiger partial charge in [0, 0.05) is 37.6 Å². The van der Waals surface area contributed by atoms with Crippen molar-refractivity contribution in [3.05, 3.63) is 0 Å². The fraction of sp³-hybridized carbons (Fsp3) is 0.975. The Hall–Kier alpha value is -0.810. The van der Waals surface area contributed by atoms with Crippen molar-refractivity contribution in [1.82, 2.24) is 4.90 Å². The second-order valence-electron chi connectivity index (χ2n) is 19.1. The van der Waals surface area contributed by atoms with E-state index in [1.807, 2.05) is 20.8 Å². The smallest absolute Gasteiger partial charge is 0.326 e. The first-order valence-corrected chi connectivity index (χ1v) is 19.7. The third-order valence-corrected chi connectivity index (χ3v) is 16.5. The maximum absolute atomic E-state index is 13.7. The van der Waals surface area contributed by atoms with Crippen LogP contribution in [0, 0.1) is 50.7 Å². The lowest BCUT2D eigenvalue weighted by molar-refractivity contribution is -0.215. The van der Waals surface area contributed by atoms with Gasteiger partial charge in [0.1, 0.15) is 18.2 Å². The Kier molecular flexibility index (Phi) is 9.23. The van der Waals surface area contributed by atoms with Crippen molar-refractivity contribution >= 4 is 5.97 Å². The van der Waals surface area contributed by atoms with Crippen LogP contribution in [0.1, 0.15) is 107 Å². The normalized spacial score (nSPS) is 49.5. The Morgan fingerprint density at radius 3 is 2.47 bits per heavy atom. The van der Waals surface area contributed by atoms with Crippen LogP contribution in [0.4, 0.5) is 0 Å². The predicted octanol–water partition coefficient (Wildman–Crippen LogP) is 5.23. The summed E-state index contributed by atoms with van der Waals surface area (Å²) in [4.78, 5) is 15.9. The SMILES string of the molecule is CCO[C@@H]([C@H]1C[C@@H](C)[C@H]2[C@H](O1)[C@H](O)[C@@]1(C)[C@@H]3CC[C@H]4C(C)(C)[C@@H](OC(=O)[C@@H]5COCCN5CCOC)CCC45C[C@@]35CC[C@]21C)C(C)(C)O. The van der Waals surface area contributed by atoms with Crippen molar-refractivity contribution in [2.24, 2.45) is 50.7 Å². The molecule has 0 radical (unpaired) electrons. The Morgan fingerprint density at radius 1 is 1.06 bits per heavy atom. The molecular weight excluding hydrogens is 622 g/mol. The van der Waals surface area contributed by atoms with Gasteiger partial charge in [0.25, 0.3) is 0 Å². The number of aliphatic hydroxyl groups excluding tert-OH is 1. The highest BCUT2D eigenvalue weighted by atomic mass is 16.6. The van der Waals surface area contributed by atoms with Gasteiger partial charge in [-0.15, -0.1) is 0 Å². The van der Waals surface area contributed by atoms with E-state index in [0.717, 1.165) is 45.1 Å².